The third-order valence-electron chi connectivity index (χ3n) is 2.41. The lowest BCUT2D eigenvalue weighted by atomic mass is 10.3. The molecule has 0 aliphatic rings. The Balaban J connectivity index is 3.46. The number of methoxy groups -OCH3 is 1. The standard InChI is InChI=1S/C11H12F3NO6S/c1-15(6-9(16)17)22(18,19)10-7(20-2)4-3-5-8(10)21-11(12,13)14/h3-5H,6H2,1-2H3,(H,16,17). The van der Waals surface area contributed by atoms with E-state index in [0.29, 0.717) is 4.31 Å². The second kappa shape index (κ2) is 6.40. The van der Waals surface area contributed by atoms with Crippen molar-refractivity contribution in [1.82, 2.24) is 4.31 Å². The number of likely N-dealkylation sites (N-methyl/N-ethyl adjacent to an activating group) is 1. The molecule has 0 aliphatic carbocycles. The Hall–Kier alpha value is -2.01. The molecule has 1 aromatic carbocycles. The van der Waals surface area contributed by atoms with E-state index in [4.69, 9.17) is 9.84 Å². The summed E-state index contributed by atoms with van der Waals surface area (Å²) in [6.07, 6.45) is -5.12. The number of aliphatic carboxylic acids is 1. The lowest BCUT2D eigenvalue weighted by Gasteiger charge is -2.20. The van der Waals surface area contributed by atoms with Gasteiger partial charge in [-0.3, -0.25) is 4.79 Å². The van der Waals surface area contributed by atoms with Gasteiger partial charge in [-0.05, 0) is 12.1 Å². The summed E-state index contributed by atoms with van der Waals surface area (Å²) in [5, 5.41) is 8.63. The highest BCUT2D eigenvalue weighted by molar-refractivity contribution is 7.89. The van der Waals surface area contributed by atoms with E-state index < -0.39 is 45.3 Å². The number of hydrogen-bond acceptors (Lipinski definition) is 5. The second-order valence-electron chi connectivity index (χ2n) is 3.99. The van der Waals surface area contributed by atoms with Gasteiger partial charge in [0, 0.05) is 7.05 Å². The monoisotopic (exact) mass is 343 g/mol. The van der Waals surface area contributed by atoms with Crippen molar-refractivity contribution in [2.75, 3.05) is 20.7 Å². The summed E-state index contributed by atoms with van der Waals surface area (Å²) >= 11 is 0. The van der Waals surface area contributed by atoms with E-state index in [2.05, 4.69) is 4.74 Å². The molecule has 0 saturated heterocycles. The van der Waals surface area contributed by atoms with Crippen LogP contribution >= 0.6 is 0 Å². The van der Waals surface area contributed by atoms with Crippen molar-refractivity contribution in [3.05, 3.63) is 18.2 Å². The number of carboxylic acid groups (broad SMARTS) is 1. The van der Waals surface area contributed by atoms with Crippen molar-refractivity contribution in [2.45, 2.75) is 11.3 Å². The van der Waals surface area contributed by atoms with E-state index >= 15 is 0 Å². The molecule has 0 aromatic heterocycles. The highest BCUT2D eigenvalue weighted by Gasteiger charge is 2.37. The number of halogens is 3. The molecule has 0 heterocycles. The van der Waals surface area contributed by atoms with E-state index in [9.17, 15) is 26.4 Å². The molecule has 11 heteroatoms. The van der Waals surface area contributed by atoms with E-state index in [1.165, 1.54) is 0 Å². The van der Waals surface area contributed by atoms with Crippen molar-refractivity contribution < 1.29 is 41.0 Å². The molecular weight excluding hydrogens is 331 g/mol. The average Bonchev–Trinajstić information content (AvgIpc) is 2.35. The fourth-order valence-corrected chi connectivity index (χ4v) is 2.91. The van der Waals surface area contributed by atoms with Crippen LogP contribution in [0.15, 0.2) is 23.1 Å². The van der Waals surface area contributed by atoms with Gasteiger partial charge in [-0.1, -0.05) is 6.07 Å². The zero-order valence-corrected chi connectivity index (χ0v) is 12.2. The Morgan fingerprint density at radius 3 is 2.32 bits per heavy atom. The maximum atomic E-state index is 12.4. The van der Waals surface area contributed by atoms with Crippen LogP contribution in [0, 0.1) is 0 Å². The molecule has 0 aliphatic heterocycles. The van der Waals surface area contributed by atoms with Crippen LogP contribution < -0.4 is 9.47 Å². The Labute approximate surface area is 123 Å². The summed E-state index contributed by atoms with van der Waals surface area (Å²) < 4.78 is 70.5. The topological polar surface area (TPSA) is 93.1 Å². The molecule has 0 atom stereocenters. The van der Waals surface area contributed by atoms with Gasteiger partial charge in [0.1, 0.15) is 12.3 Å². The molecule has 22 heavy (non-hydrogen) atoms. The second-order valence-corrected chi connectivity index (χ2v) is 5.97. The molecule has 0 fully saturated rings. The first kappa shape index (κ1) is 18.0. The molecule has 1 aromatic rings. The molecular formula is C11H12F3NO6S. The fourth-order valence-electron chi connectivity index (χ4n) is 1.55. The molecule has 0 radical (unpaired) electrons. The highest BCUT2D eigenvalue weighted by Crippen LogP contribution is 2.37. The van der Waals surface area contributed by atoms with Gasteiger partial charge in [0.05, 0.1) is 7.11 Å². The first-order valence-electron chi connectivity index (χ1n) is 5.60. The summed E-state index contributed by atoms with van der Waals surface area (Å²) in [7, 11) is -2.61. The first-order valence-corrected chi connectivity index (χ1v) is 7.04. The van der Waals surface area contributed by atoms with Crippen LogP contribution in [-0.4, -0.2) is 50.9 Å². The predicted molar refractivity (Wildman–Crippen MR) is 67.1 cm³/mol. The smallest absolute Gasteiger partial charge is 0.495 e. The van der Waals surface area contributed by atoms with Gasteiger partial charge in [-0.25, -0.2) is 8.42 Å². The molecule has 0 spiro atoms. The molecule has 0 saturated carbocycles. The number of hydrogen-bond donors (Lipinski definition) is 1. The maximum Gasteiger partial charge on any atom is 0.573 e. The maximum absolute atomic E-state index is 12.4. The van der Waals surface area contributed by atoms with Crippen molar-refractivity contribution >= 4 is 16.0 Å². The Morgan fingerprint density at radius 2 is 1.86 bits per heavy atom. The van der Waals surface area contributed by atoms with Crippen LogP contribution in [0.1, 0.15) is 0 Å². The van der Waals surface area contributed by atoms with Crippen LogP contribution in [0.5, 0.6) is 11.5 Å². The van der Waals surface area contributed by atoms with Crippen LogP contribution in [0.3, 0.4) is 0 Å². The zero-order valence-electron chi connectivity index (χ0n) is 11.4. The molecule has 1 rings (SSSR count). The molecule has 1 N–H and O–H groups in total. The fraction of sp³-hybridized carbons (Fsp3) is 0.364. The molecule has 7 nitrogen and oxygen atoms in total. The van der Waals surface area contributed by atoms with Gasteiger partial charge < -0.3 is 14.6 Å². The van der Waals surface area contributed by atoms with Gasteiger partial charge in [0.15, 0.2) is 10.6 Å². The largest absolute Gasteiger partial charge is 0.573 e. The number of benzene rings is 1. The van der Waals surface area contributed by atoms with E-state index in [-0.39, 0.29) is 0 Å². The summed E-state index contributed by atoms with van der Waals surface area (Å²) in [6, 6.07) is 3.01. The minimum absolute atomic E-state index is 0.371. The van der Waals surface area contributed by atoms with Crippen molar-refractivity contribution in [3.63, 3.8) is 0 Å². The van der Waals surface area contributed by atoms with Gasteiger partial charge in [-0.2, -0.15) is 4.31 Å². The third kappa shape index (κ3) is 4.24. The number of rotatable bonds is 6. The summed E-state index contributed by atoms with van der Waals surface area (Å²) in [4.78, 5) is 9.70. The predicted octanol–water partition coefficient (Wildman–Crippen LogP) is 1.30. The van der Waals surface area contributed by atoms with Gasteiger partial charge in [0.2, 0.25) is 0 Å². The van der Waals surface area contributed by atoms with Crippen molar-refractivity contribution in [1.29, 1.82) is 0 Å². The summed E-state index contributed by atoms with van der Waals surface area (Å²) in [6.45, 7) is -0.939. The van der Waals surface area contributed by atoms with E-state index in [0.717, 1.165) is 32.4 Å². The number of carboxylic acids is 1. The molecule has 0 bridgehead atoms. The molecule has 0 amide bonds. The molecule has 124 valence electrons. The minimum Gasteiger partial charge on any atom is -0.495 e. The third-order valence-corrected chi connectivity index (χ3v) is 4.28. The number of nitrogens with zero attached hydrogens (tertiary/aromatic N) is 1. The number of sulfonamides is 1. The lowest BCUT2D eigenvalue weighted by Crippen LogP contribution is -2.33. The number of carbonyl (C=O) groups is 1. The SMILES string of the molecule is COc1cccc(OC(F)(F)F)c1S(=O)(=O)N(C)CC(=O)O. The van der Waals surface area contributed by atoms with E-state index in [1.54, 1.807) is 0 Å². The average molecular weight is 343 g/mol. The zero-order chi connectivity index (χ0) is 17.1. The first-order chi connectivity index (χ1) is 9.99. The van der Waals surface area contributed by atoms with Crippen LogP contribution in [0.25, 0.3) is 0 Å². The number of alkyl halides is 3. The Kier molecular flexibility index (Phi) is 5.25. The van der Waals surface area contributed by atoms with Crippen LogP contribution in [0.4, 0.5) is 13.2 Å². The number of ether oxygens (including phenoxy) is 2. The van der Waals surface area contributed by atoms with Crippen LogP contribution in [0.2, 0.25) is 0 Å². The van der Waals surface area contributed by atoms with Gasteiger partial charge >= 0.3 is 12.3 Å². The Bertz CT molecular complexity index is 658. The highest BCUT2D eigenvalue weighted by atomic mass is 32.2. The lowest BCUT2D eigenvalue weighted by molar-refractivity contribution is -0.275. The molecule has 0 unspecified atom stereocenters. The van der Waals surface area contributed by atoms with Crippen molar-refractivity contribution in [3.8, 4) is 11.5 Å². The van der Waals surface area contributed by atoms with Crippen molar-refractivity contribution in [2.24, 2.45) is 0 Å². The minimum atomic E-state index is -5.12. The van der Waals surface area contributed by atoms with Gasteiger partial charge in [-0.15, -0.1) is 13.2 Å². The Morgan fingerprint density at radius 1 is 1.32 bits per heavy atom. The summed E-state index contributed by atoms with van der Waals surface area (Å²) in [5.41, 5.74) is 0. The van der Waals surface area contributed by atoms with Crippen LogP contribution in [-0.2, 0) is 14.8 Å². The summed E-state index contributed by atoms with van der Waals surface area (Å²) in [5.74, 6) is -2.89. The van der Waals surface area contributed by atoms with Gasteiger partial charge in [0.25, 0.3) is 10.0 Å². The van der Waals surface area contributed by atoms with E-state index in [1.807, 2.05) is 0 Å². The normalized spacial score (nSPS) is 12.3. The quantitative estimate of drug-likeness (QED) is 0.837.